The molecule has 2 N–H and O–H groups in total. The highest BCUT2D eigenvalue weighted by molar-refractivity contribution is 7.90. The number of nitrogens with one attached hydrogen (secondary N) is 2. The Morgan fingerprint density at radius 1 is 1.04 bits per heavy atom. The van der Waals surface area contributed by atoms with Crippen LogP contribution in [0.2, 0.25) is 5.02 Å². The van der Waals surface area contributed by atoms with Crippen molar-refractivity contribution in [2.24, 2.45) is 0 Å². The van der Waals surface area contributed by atoms with Gasteiger partial charge in [0.1, 0.15) is 5.69 Å². The molecule has 0 aromatic heterocycles. The Hall–Kier alpha value is -2.21. The molecule has 0 aliphatic rings. The summed E-state index contributed by atoms with van der Waals surface area (Å²) in [6.07, 6.45) is 0.950. The molecule has 0 atom stereocenters. The number of nitrogens with zero attached hydrogens (tertiary/aromatic N) is 1. The third kappa shape index (κ3) is 5.41. The zero-order valence-electron chi connectivity index (χ0n) is 15.0. The first-order valence-corrected chi connectivity index (χ1v) is 11.7. The van der Waals surface area contributed by atoms with Gasteiger partial charge in [0.2, 0.25) is 10.0 Å². The number of sulfone groups is 1. The summed E-state index contributed by atoms with van der Waals surface area (Å²) < 4.78 is 50.0. The van der Waals surface area contributed by atoms with E-state index in [1.807, 2.05) is 0 Å². The van der Waals surface area contributed by atoms with Crippen LogP contribution < -0.4 is 10.0 Å². The summed E-state index contributed by atoms with van der Waals surface area (Å²) in [7, 11) is -7.39. The molecule has 0 unspecified atom stereocenters. The first kappa shape index (κ1) is 22.1. The van der Waals surface area contributed by atoms with E-state index in [0.29, 0.717) is 5.02 Å². The molecule has 0 heterocycles. The number of hydrogen-bond acceptors (Lipinski definition) is 7. The molecule has 152 valence electrons. The van der Waals surface area contributed by atoms with E-state index in [4.69, 9.17) is 11.6 Å². The van der Waals surface area contributed by atoms with E-state index in [9.17, 15) is 26.9 Å². The number of aryl methyl sites for hydroxylation is 1. The van der Waals surface area contributed by atoms with Gasteiger partial charge in [-0.1, -0.05) is 17.7 Å². The summed E-state index contributed by atoms with van der Waals surface area (Å²) in [5.41, 5.74) is 0.401. The molecule has 0 bridgehead atoms. The Bertz CT molecular complexity index is 1120. The van der Waals surface area contributed by atoms with Crippen molar-refractivity contribution < 1.29 is 21.8 Å². The number of halogens is 1. The molecule has 0 fully saturated rings. The highest BCUT2D eigenvalue weighted by Gasteiger charge is 2.19. The van der Waals surface area contributed by atoms with Crippen LogP contribution >= 0.6 is 11.6 Å². The van der Waals surface area contributed by atoms with Crippen molar-refractivity contribution in [1.82, 2.24) is 4.72 Å². The van der Waals surface area contributed by atoms with Crippen LogP contribution in [0.5, 0.6) is 0 Å². The molecular formula is C16H18ClN3O6S2. The van der Waals surface area contributed by atoms with Crippen molar-refractivity contribution in [2.75, 3.05) is 24.7 Å². The number of nitro groups is 1. The minimum absolute atomic E-state index is 0.00610. The second kappa shape index (κ2) is 8.43. The fourth-order valence-electron chi connectivity index (χ4n) is 2.25. The zero-order chi connectivity index (χ0) is 21.1. The summed E-state index contributed by atoms with van der Waals surface area (Å²) in [5.74, 6) is 0. The lowest BCUT2D eigenvalue weighted by Crippen LogP contribution is -2.29. The van der Waals surface area contributed by atoms with Gasteiger partial charge in [0.15, 0.2) is 9.84 Å². The van der Waals surface area contributed by atoms with E-state index >= 15 is 0 Å². The predicted molar refractivity (Wildman–Crippen MR) is 106 cm³/mol. The highest BCUT2D eigenvalue weighted by atomic mass is 35.5. The predicted octanol–water partition coefficient (Wildman–Crippen LogP) is 2.35. The van der Waals surface area contributed by atoms with Crippen LogP contribution in [0.3, 0.4) is 0 Å². The summed E-state index contributed by atoms with van der Waals surface area (Å²) in [5, 5.41) is 14.2. The molecule has 0 radical (unpaired) electrons. The summed E-state index contributed by atoms with van der Waals surface area (Å²) in [6.45, 7) is 1.73. The third-order valence-electron chi connectivity index (χ3n) is 3.78. The maximum absolute atomic E-state index is 12.3. The lowest BCUT2D eigenvalue weighted by atomic mass is 10.2. The Kier molecular flexibility index (Phi) is 6.65. The van der Waals surface area contributed by atoms with Crippen LogP contribution in [0.25, 0.3) is 0 Å². The van der Waals surface area contributed by atoms with E-state index in [-0.39, 0.29) is 28.6 Å². The third-order valence-corrected chi connectivity index (χ3v) is 6.76. The fraction of sp³-hybridized carbons (Fsp3) is 0.250. The lowest BCUT2D eigenvalue weighted by Gasteiger charge is -2.10. The monoisotopic (exact) mass is 447 g/mol. The van der Waals surface area contributed by atoms with Gasteiger partial charge in [-0.2, -0.15) is 0 Å². The minimum atomic E-state index is -3.79. The quantitative estimate of drug-likeness (QED) is 0.360. The molecule has 28 heavy (non-hydrogen) atoms. The molecule has 0 saturated carbocycles. The lowest BCUT2D eigenvalue weighted by molar-refractivity contribution is -0.384. The maximum atomic E-state index is 12.3. The second-order valence-corrected chi connectivity index (χ2v) is 10.1. The number of nitro benzene ring substituents is 1. The van der Waals surface area contributed by atoms with Gasteiger partial charge in [-0.05, 0) is 36.8 Å². The number of rotatable bonds is 8. The second-order valence-electron chi connectivity index (χ2n) is 5.94. The van der Waals surface area contributed by atoms with Crippen molar-refractivity contribution in [1.29, 1.82) is 0 Å². The van der Waals surface area contributed by atoms with Crippen molar-refractivity contribution in [3.05, 3.63) is 57.1 Å². The van der Waals surface area contributed by atoms with Crippen molar-refractivity contribution in [2.45, 2.75) is 16.7 Å². The Balaban J connectivity index is 2.07. The Labute approximate surface area is 167 Å². The summed E-state index contributed by atoms with van der Waals surface area (Å²) >= 11 is 5.94. The largest absolute Gasteiger partial charge is 0.378 e. The molecule has 0 spiro atoms. The average Bonchev–Trinajstić information content (AvgIpc) is 2.60. The van der Waals surface area contributed by atoms with Crippen LogP contribution in [-0.2, 0) is 19.9 Å². The molecule has 2 aromatic rings. The van der Waals surface area contributed by atoms with Crippen molar-refractivity contribution in [3.8, 4) is 0 Å². The van der Waals surface area contributed by atoms with E-state index in [1.165, 1.54) is 24.3 Å². The van der Waals surface area contributed by atoms with Crippen LogP contribution in [0.15, 0.2) is 46.2 Å². The fourth-order valence-corrected chi connectivity index (χ4v) is 4.19. The van der Waals surface area contributed by atoms with Crippen molar-refractivity contribution >= 4 is 42.8 Å². The standard InChI is InChI=1S/C16H18ClN3O6S2/c1-11-3-4-13(9-14(11)17)28(25,26)19-8-7-18-15-6-5-12(27(2,23)24)10-16(15)20(21)22/h3-6,9-10,18-19H,7-8H2,1-2H3. The van der Waals surface area contributed by atoms with Crippen LogP contribution in [0, 0.1) is 17.0 Å². The topological polar surface area (TPSA) is 135 Å². The van der Waals surface area contributed by atoms with Crippen molar-refractivity contribution in [3.63, 3.8) is 0 Å². The molecule has 0 amide bonds. The van der Waals surface area contributed by atoms with Crippen LogP contribution in [0.1, 0.15) is 5.56 Å². The van der Waals surface area contributed by atoms with Gasteiger partial charge in [-0.3, -0.25) is 10.1 Å². The maximum Gasteiger partial charge on any atom is 0.293 e. The molecule has 9 nitrogen and oxygen atoms in total. The number of hydrogen-bond donors (Lipinski definition) is 2. The van der Waals surface area contributed by atoms with E-state index in [2.05, 4.69) is 10.0 Å². The molecular weight excluding hydrogens is 430 g/mol. The van der Waals surface area contributed by atoms with Gasteiger partial charge < -0.3 is 5.32 Å². The SMILES string of the molecule is Cc1ccc(S(=O)(=O)NCCNc2ccc(S(C)(=O)=O)cc2[N+](=O)[O-])cc1Cl. The summed E-state index contributed by atoms with van der Waals surface area (Å²) in [4.78, 5) is 10.3. The smallest absolute Gasteiger partial charge is 0.293 e. The zero-order valence-corrected chi connectivity index (χ0v) is 17.4. The van der Waals surface area contributed by atoms with E-state index in [1.54, 1.807) is 13.0 Å². The van der Waals surface area contributed by atoms with Crippen LogP contribution in [-0.4, -0.2) is 41.1 Å². The Morgan fingerprint density at radius 3 is 2.25 bits per heavy atom. The van der Waals surface area contributed by atoms with Crippen LogP contribution in [0.4, 0.5) is 11.4 Å². The van der Waals surface area contributed by atoms with Gasteiger partial charge >= 0.3 is 0 Å². The molecule has 2 aromatic carbocycles. The minimum Gasteiger partial charge on any atom is -0.378 e. The molecule has 0 saturated heterocycles. The first-order valence-electron chi connectivity index (χ1n) is 7.90. The molecule has 0 aliphatic carbocycles. The number of benzene rings is 2. The van der Waals surface area contributed by atoms with Gasteiger partial charge in [-0.25, -0.2) is 21.6 Å². The van der Waals surface area contributed by atoms with Gasteiger partial charge in [0.25, 0.3) is 5.69 Å². The Morgan fingerprint density at radius 2 is 1.68 bits per heavy atom. The average molecular weight is 448 g/mol. The van der Waals surface area contributed by atoms with Gasteiger partial charge in [0, 0.05) is 30.4 Å². The van der Waals surface area contributed by atoms with Gasteiger partial charge in [0.05, 0.1) is 14.7 Å². The first-order chi connectivity index (χ1) is 12.9. The summed E-state index contributed by atoms with van der Waals surface area (Å²) in [6, 6.07) is 7.80. The molecule has 2 rings (SSSR count). The van der Waals surface area contributed by atoms with Gasteiger partial charge in [-0.15, -0.1) is 0 Å². The number of anilines is 1. The molecule has 12 heteroatoms. The van der Waals surface area contributed by atoms with E-state index < -0.39 is 30.5 Å². The molecule has 0 aliphatic heterocycles. The highest BCUT2D eigenvalue weighted by Crippen LogP contribution is 2.27. The normalized spacial score (nSPS) is 12.0. The number of sulfonamides is 1. The van der Waals surface area contributed by atoms with E-state index in [0.717, 1.165) is 17.9 Å².